The van der Waals surface area contributed by atoms with Gasteiger partial charge in [0.1, 0.15) is 0 Å². The molecular weight excluding hydrogens is 675 g/mol. The Morgan fingerprint density at radius 1 is 0.640 bits per heavy atom. The Balaban J connectivity index is 1.29. The number of aromatic nitrogens is 2. The zero-order valence-electron chi connectivity index (χ0n) is 31.8. The Labute approximate surface area is 309 Å². The van der Waals surface area contributed by atoms with Crippen molar-refractivity contribution in [3.8, 4) is 0 Å². The molecule has 3 aromatic rings. The van der Waals surface area contributed by atoms with Gasteiger partial charge in [-0.25, -0.2) is 0 Å². The van der Waals surface area contributed by atoms with Crippen LogP contribution in [0.5, 0.6) is 0 Å². The lowest BCUT2D eigenvalue weighted by atomic mass is 9.55. The van der Waals surface area contributed by atoms with E-state index in [-0.39, 0.29) is 7.92 Å². The molecule has 0 radical (unpaired) electrons. The van der Waals surface area contributed by atoms with E-state index in [1.54, 1.807) is 98.6 Å². The highest BCUT2D eigenvalue weighted by Crippen LogP contribution is 2.80. The van der Waals surface area contributed by atoms with Crippen molar-refractivity contribution in [3.63, 3.8) is 0 Å². The molecule has 0 aliphatic heterocycles. The van der Waals surface area contributed by atoms with E-state index in [2.05, 4.69) is 97.3 Å². The second-order valence-corrected chi connectivity index (χ2v) is 34.7. The lowest BCUT2D eigenvalue weighted by Gasteiger charge is -2.67. The van der Waals surface area contributed by atoms with Crippen LogP contribution in [0.15, 0.2) is 61.2 Å². The number of rotatable bonds is 9. The summed E-state index contributed by atoms with van der Waals surface area (Å²) in [6.07, 6.45) is 28.2. The number of hydrogen-bond acceptors (Lipinski definition) is 2. The van der Waals surface area contributed by atoms with Crippen LogP contribution in [-0.2, 0) is 11.3 Å². The van der Waals surface area contributed by atoms with Gasteiger partial charge in [0.25, 0.3) is 0 Å². The Kier molecular flexibility index (Phi) is 8.41. The molecule has 0 amide bonds. The topological polar surface area (TPSA) is 25.8 Å². The first kappa shape index (κ1) is 34.6. The second kappa shape index (κ2) is 12.2. The summed E-state index contributed by atoms with van der Waals surface area (Å²) in [6, 6.07) is 14.6. The predicted molar refractivity (Wildman–Crippen MR) is 223 cm³/mol. The minimum atomic E-state index is -1.68. The molecule has 50 heavy (non-hydrogen) atoms. The van der Waals surface area contributed by atoms with Gasteiger partial charge in [0.15, 0.2) is 0 Å². The van der Waals surface area contributed by atoms with E-state index in [0.717, 1.165) is 35.5 Å². The van der Waals surface area contributed by atoms with Crippen LogP contribution in [0.2, 0.25) is 39.3 Å². The maximum Gasteiger partial charge on any atom is 0.0774 e. The molecule has 11 rings (SSSR count). The quantitative estimate of drug-likeness (QED) is 0.161. The van der Waals surface area contributed by atoms with Crippen molar-refractivity contribution in [2.45, 2.75) is 138 Å². The molecule has 0 N–H and O–H groups in total. The first-order chi connectivity index (χ1) is 23.7. The van der Waals surface area contributed by atoms with Crippen molar-refractivity contribution in [2.75, 3.05) is 0 Å². The van der Waals surface area contributed by atoms with Crippen LogP contribution >= 0.6 is 17.2 Å². The molecule has 2 aromatic heterocycles. The van der Waals surface area contributed by atoms with Gasteiger partial charge in [-0.05, 0) is 163 Å². The maximum atomic E-state index is 4.76. The van der Waals surface area contributed by atoms with E-state index in [1.165, 1.54) is 17.3 Å². The SMILES string of the molecule is C[Si](C)(C)c1cc(CP(C23CC4CC(CC(C4)C2)C3)C23CC4CC(CC(C4)C2)C3)c(C(P)(c2cccnc2)c2cccnc2)cc1[Si](C)(C)C. The Hall–Kier alpha value is -1.19. The molecule has 0 spiro atoms. The fraction of sp³-hybridized carbons (Fsp3) is 0.636. The third kappa shape index (κ3) is 5.74. The third-order valence-electron chi connectivity index (χ3n) is 15.0. The summed E-state index contributed by atoms with van der Waals surface area (Å²) in [7, 11) is -0.0522. The van der Waals surface area contributed by atoms with Crippen LogP contribution in [0.4, 0.5) is 0 Å². The summed E-state index contributed by atoms with van der Waals surface area (Å²) in [5.74, 6) is 6.07. The van der Waals surface area contributed by atoms with Gasteiger partial charge in [-0.3, -0.25) is 9.97 Å². The van der Waals surface area contributed by atoms with E-state index in [0.29, 0.717) is 10.3 Å². The fourth-order valence-corrected chi connectivity index (χ4v) is 24.8. The van der Waals surface area contributed by atoms with Crippen LogP contribution in [0.1, 0.15) is 99.3 Å². The van der Waals surface area contributed by atoms with Crippen molar-refractivity contribution in [2.24, 2.45) is 35.5 Å². The minimum Gasteiger partial charge on any atom is -0.264 e. The molecule has 1 unspecified atom stereocenters. The standard InChI is InChI=1S/C44H62N2P2Si2/c1-49(2,3)40-19-36(39(20-41(40)50(4,5)6)44(47,37-9-7-11-45-27-37)38-10-8-12-46-28-38)29-48(42-21-30-13-31(22-42)15-32(14-30)23-42)43-24-33-16-34(25-43)18-35(17-33)26-43/h7-12,19-20,27-28,30-35H,13-18,21-26,29,47H2,1-6H3. The molecule has 8 aliphatic rings. The van der Waals surface area contributed by atoms with Crippen molar-refractivity contribution < 1.29 is 0 Å². The predicted octanol–water partition coefficient (Wildman–Crippen LogP) is 10.7. The molecule has 2 heterocycles. The summed E-state index contributed by atoms with van der Waals surface area (Å²) in [5.41, 5.74) is 5.79. The van der Waals surface area contributed by atoms with Gasteiger partial charge >= 0.3 is 0 Å². The number of pyridine rings is 2. The van der Waals surface area contributed by atoms with E-state index in [4.69, 9.17) is 9.97 Å². The fourth-order valence-electron chi connectivity index (χ4n) is 13.9. The van der Waals surface area contributed by atoms with E-state index < -0.39 is 21.3 Å². The highest BCUT2D eigenvalue weighted by atomic mass is 31.1. The molecular formula is C44H62N2P2Si2. The van der Waals surface area contributed by atoms with Gasteiger partial charge in [0.2, 0.25) is 0 Å². The first-order valence-corrected chi connectivity index (χ1v) is 29.4. The highest BCUT2D eigenvalue weighted by molar-refractivity contribution is 7.60. The molecule has 2 nitrogen and oxygen atoms in total. The van der Waals surface area contributed by atoms with Crippen LogP contribution < -0.4 is 10.4 Å². The van der Waals surface area contributed by atoms with Crippen LogP contribution in [0.25, 0.3) is 0 Å². The van der Waals surface area contributed by atoms with Crippen molar-refractivity contribution in [1.29, 1.82) is 0 Å². The smallest absolute Gasteiger partial charge is 0.0774 e. The summed E-state index contributed by atoms with van der Waals surface area (Å²) in [5, 5.41) is 4.27. The number of benzene rings is 1. The second-order valence-electron chi connectivity index (χ2n) is 20.7. The molecule has 8 bridgehead atoms. The van der Waals surface area contributed by atoms with Gasteiger partial charge in [-0.15, -0.1) is 9.24 Å². The normalized spacial score (nSPS) is 35.1. The van der Waals surface area contributed by atoms with E-state index >= 15 is 0 Å². The molecule has 1 aromatic carbocycles. The Morgan fingerprint density at radius 3 is 1.36 bits per heavy atom. The molecule has 266 valence electrons. The summed E-state index contributed by atoms with van der Waals surface area (Å²) in [6.45, 7) is 15.6. The van der Waals surface area contributed by atoms with Gasteiger partial charge in [0.05, 0.1) is 21.3 Å². The minimum absolute atomic E-state index is 0.186. The molecule has 8 aliphatic carbocycles. The zero-order valence-corrected chi connectivity index (χ0v) is 35.9. The van der Waals surface area contributed by atoms with Gasteiger partial charge in [-0.2, -0.15) is 0 Å². The average Bonchev–Trinajstić information content (AvgIpc) is 3.05. The third-order valence-corrected chi connectivity index (χ3v) is 24.3. The lowest BCUT2D eigenvalue weighted by Crippen LogP contribution is -2.57. The largest absolute Gasteiger partial charge is 0.264 e. The molecule has 8 fully saturated rings. The molecule has 1 atom stereocenters. The lowest BCUT2D eigenvalue weighted by molar-refractivity contribution is 0.0184. The Morgan fingerprint density at radius 2 is 1.02 bits per heavy atom. The van der Waals surface area contributed by atoms with E-state index in [1.807, 2.05) is 12.4 Å². The molecule has 8 saturated carbocycles. The van der Waals surface area contributed by atoms with Crippen molar-refractivity contribution in [1.82, 2.24) is 9.97 Å². The highest BCUT2D eigenvalue weighted by Gasteiger charge is 2.62. The van der Waals surface area contributed by atoms with Gasteiger partial charge < -0.3 is 0 Å². The summed E-state index contributed by atoms with van der Waals surface area (Å²) < 4.78 is 0. The van der Waals surface area contributed by atoms with Crippen LogP contribution in [0.3, 0.4) is 0 Å². The maximum absolute atomic E-state index is 4.76. The van der Waals surface area contributed by atoms with E-state index in [9.17, 15) is 0 Å². The van der Waals surface area contributed by atoms with Gasteiger partial charge in [0, 0.05) is 24.8 Å². The monoisotopic (exact) mass is 736 g/mol. The van der Waals surface area contributed by atoms with Crippen molar-refractivity contribution in [3.05, 3.63) is 83.4 Å². The van der Waals surface area contributed by atoms with Crippen LogP contribution in [0, 0.1) is 35.5 Å². The number of hydrogen-bond donors (Lipinski definition) is 0. The summed E-state index contributed by atoms with van der Waals surface area (Å²) in [4.78, 5) is 9.52. The molecule has 6 heteroatoms. The Bertz CT molecular complexity index is 1590. The summed E-state index contributed by atoms with van der Waals surface area (Å²) >= 11 is 0. The zero-order chi connectivity index (χ0) is 34.7. The number of nitrogens with zero attached hydrogens (tertiary/aromatic N) is 2. The molecule has 0 saturated heterocycles. The van der Waals surface area contributed by atoms with Crippen LogP contribution in [-0.4, -0.2) is 36.4 Å². The van der Waals surface area contributed by atoms with Gasteiger partial charge in [-0.1, -0.05) is 81.8 Å². The average molecular weight is 737 g/mol. The van der Waals surface area contributed by atoms with Crippen molar-refractivity contribution >= 4 is 43.7 Å². The first-order valence-electron chi connectivity index (χ1n) is 20.3.